The number of pyridine rings is 1. The van der Waals surface area contributed by atoms with E-state index in [1.165, 1.54) is 13.3 Å². The van der Waals surface area contributed by atoms with Crippen LogP contribution in [0.3, 0.4) is 0 Å². The SMILES string of the molecule is COc1ccc(NC(=O)CC(C)=NNC(=O)c2cccnc2)cc1Cl. The van der Waals surface area contributed by atoms with E-state index in [0.29, 0.717) is 27.7 Å². The Morgan fingerprint density at radius 2 is 2.12 bits per heavy atom. The summed E-state index contributed by atoms with van der Waals surface area (Å²) in [5.74, 6) is -0.150. The van der Waals surface area contributed by atoms with E-state index in [1.54, 1.807) is 43.5 Å². The molecule has 0 saturated heterocycles. The third kappa shape index (κ3) is 5.58. The molecule has 130 valence electrons. The zero-order valence-corrected chi connectivity index (χ0v) is 14.5. The maximum Gasteiger partial charge on any atom is 0.272 e. The zero-order chi connectivity index (χ0) is 18.2. The summed E-state index contributed by atoms with van der Waals surface area (Å²) in [5.41, 5.74) is 3.77. The Balaban J connectivity index is 1.89. The van der Waals surface area contributed by atoms with E-state index in [9.17, 15) is 9.59 Å². The highest BCUT2D eigenvalue weighted by Crippen LogP contribution is 2.27. The first kappa shape index (κ1) is 18.4. The smallest absolute Gasteiger partial charge is 0.272 e. The Morgan fingerprint density at radius 1 is 1.32 bits per heavy atom. The third-order valence-corrected chi connectivity index (χ3v) is 3.42. The zero-order valence-electron chi connectivity index (χ0n) is 13.7. The van der Waals surface area contributed by atoms with Crippen LogP contribution in [0.25, 0.3) is 0 Å². The van der Waals surface area contributed by atoms with Crippen molar-refractivity contribution in [1.82, 2.24) is 10.4 Å². The molecule has 0 aliphatic carbocycles. The number of hydrogen-bond acceptors (Lipinski definition) is 5. The van der Waals surface area contributed by atoms with Crippen LogP contribution in [0.5, 0.6) is 5.75 Å². The lowest BCUT2D eigenvalue weighted by Gasteiger charge is -2.08. The summed E-state index contributed by atoms with van der Waals surface area (Å²) in [6.45, 7) is 1.64. The Morgan fingerprint density at radius 3 is 2.76 bits per heavy atom. The van der Waals surface area contributed by atoms with Gasteiger partial charge in [0, 0.05) is 23.8 Å². The molecule has 1 aromatic heterocycles. The number of aromatic nitrogens is 1. The molecule has 2 N–H and O–H groups in total. The number of carbonyl (C=O) groups excluding carboxylic acids is 2. The summed E-state index contributed by atoms with van der Waals surface area (Å²) in [6, 6.07) is 8.20. The lowest BCUT2D eigenvalue weighted by molar-refractivity contribution is -0.115. The fourth-order valence-corrected chi connectivity index (χ4v) is 2.19. The maximum atomic E-state index is 12.0. The first-order valence-electron chi connectivity index (χ1n) is 7.36. The number of methoxy groups -OCH3 is 1. The molecular formula is C17H17ClN4O3. The minimum atomic E-state index is -0.394. The summed E-state index contributed by atoms with van der Waals surface area (Å²) in [4.78, 5) is 27.7. The van der Waals surface area contributed by atoms with Crippen LogP contribution in [0, 0.1) is 0 Å². The monoisotopic (exact) mass is 360 g/mol. The first-order chi connectivity index (χ1) is 12.0. The van der Waals surface area contributed by atoms with Gasteiger partial charge in [0.05, 0.1) is 24.1 Å². The predicted octanol–water partition coefficient (Wildman–Crippen LogP) is 2.88. The van der Waals surface area contributed by atoms with Crippen LogP contribution in [0.15, 0.2) is 47.8 Å². The van der Waals surface area contributed by atoms with Gasteiger partial charge in [-0.2, -0.15) is 5.10 Å². The van der Waals surface area contributed by atoms with Crippen LogP contribution >= 0.6 is 11.6 Å². The summed E-state index contributed by atoms with van der Waals surface area (Å²) < 4.78 is 5.05. The van der Waals surface area contributed by atoms with Crippen LogP contribution < -0.4 is 15.5 Å². The molecule has 0 radical (unpaired) electrons. The van der Waals surface area contributed by atoms with Gasteiger partial charge in [0.25, 0.3) is 5.91 Å². The largest absolute Gasteiger partial charge is 0.495 e. The van der Waals surface area contributed by atoms with Crippen molar-refractivity contribution in [3.05, 3.63) is 53.3 Å². The van der Waals surface area contributed by atoms with Crippen LogP contribution in [-0.4, -0.2) is 29.6 Å². The fraction of sp³-hybridized carbons (Fsp3) is 0.176. The van der Waals surface area contributed by atoms with E-state index in [2.05, 4.69) is 20.8 Å². The highest BCUT2D eigenvalue weighted by molar-refractivity contribution is 6.32. The number of nitrogens with one attached hydrogen (secondary N) is 2. The van der Waals surface area contributed by atoms with Crippen LogP contribution in [0.2, 0.25) is 5.02 Å². The quantitative estimate of drug-likeness (QED) is 0.612. The Bertz CT molecular complexity index is 794. The van der Waals surface area contributed by atoms with E-state index in [1.807, 2.05) is 0 Å². The topological polar surface area (TPSA) is 92.7 Å². The first-order valence-corrected chi connectivity index (χ1v) is 7.74. The van der Waals surface area contributed by atoms with Crippen molar-refractivity contribution in [2.75, 3.05) is 12.4 Å². The number of benzene rings is 1. The van der Waals surface area contributed by atoms with Gasteiger partial charge in [-0.1, -0.05) is 11.6 Å². The molecule has 0 bridgehead atoms. The lowest BCUT2D eigenvalue weighted by Crippen LogP contribution is -2.21. The third-order valence-electron chi connectivity index (χ3n) is 3.12. The molecule has 0 unspecified atom stereocenters. The van der Waals surface area contributed by atoms with Gasteiger partial charge in [-0.3, -0.25) is 14.6 Å². The highest BCUT2D eigenvalue weighted by Gasteiger charge is 2.08. The van der Waals surface area contributed by atoms with Crippen molar-refractivity contribution in [3.8, 4) is 5.75 Å². The van der Waals surface area contributed by atoms with E-state index in [-0.39, 0.29) is 12.3 Å². The molecule has 1 aromatic carbocycles. The van der Waals surface area contributed by atoms with Gasteiger partial charge in [-0.25, -0.2) is 5.43 Å². The minimum Gasteiger partial charge on any atom is -0.495 e. The average molecular weight is 361 g/mol. The normalized spacial score (nSPS) is 10.9. The van der Waals surface area contributed by atoms with Crippen molar-refractivity contribution in [3.63, 3.8) is 0 Å². The maximum absolute atomic E-state index is 12.0. The molecule has 8 heteroatoms. The van der Waals surface area contributed by atoms with E-state index in [0.717, 1.165) is 0 Å². The second-order valence-corrected chi connectivity index (χ2v) is 5.51. The van der Waals surface area contributed by atoms with Gasteiger partial charge in [-0.15, -0.1) is 0 Å². The second kappa shape index (κ2) is 8.79. The molecule has 0 fully saturated rings. The Hall–Kier alpha value is -2.93. The van der Waals surface area contributed by atoms with E-state index < -0.39 is 5.91 Å². The number of hydrazone groups is 1. The Labute approximate surface area is 150 Å². The number of anilines is 1. The van der Waals surface area contributed by atoms with Crippen molar-refractivity contribution >= 4 is 34.8 Å². The van der Waals surface area contributed by atoms with E-state index >= 15 is 0 Å². The van der Waals surface area contributed by atoms with Crippen molar-refractivity contribution in [1.29, 1.82) is 0 Å². The minimum absolute atomic E-state index is 0.0248. The molecule has 0 aliphatic heterocycles. The van der Waals surface area contributed by atoms with E-state index in [4.69, 9.17) is 16.3 Å². The molecule has 0 aliphatic rings. The standard InChI is InChI=1S/C17H17ClN4O3/c1-11(21-22-17(24)12-4-3-7-19-10-12)8-16(23)20-13-5-6-15(25-2)14(18)9-13/h3-7,9-10H,8H2,1-2H3,(H,20,23)(H,22,24). The average Bonchev–Trinajstić information content (AvgIpc) is 2.60. The molecule has 1 heterocycles. The number of rotatable bonds is 6. The van der Waals surface area contributed by atoms with Gasteiger partial charge in [-0.05, 0) is 37.3 Å². The molecule has 2 rings (SSSR count). The number of nitrogens with zero attached hydrogens (tertiary/aromatic N) is 2. The molecule has 0 spiro atoms. The molecule has 25 heavy (non-hydrogen) atoms. The Kier molecular flexibility index (Phi) is 6.47. The summed E-state index contributed by atoms with van der Waals surface area (Å²) in [6.07, 6.45) is 3.03. The van der Waals surface area contributed by atoms with Gasteiger partial charge in [0.2, 0.25) is 5.91 Å². The van der Waals surface area contributed by atoms with Crippen LogP contribution in [0.1, 0.15) is 23.7 Å². The van der Waals surface area contributed by atoms with Crippen molar-refractivity contribution in [2.24, 2.45) is 5.10 Å². The van der Waals surface area contributed by atoms with Crippen molar-refractivity contribution < 1.29 is 14.3 Å². The number of amides is 2. The summed E-state index contributed by atoms with van der Waals surface area (Å²) in [7, 11) is 1.51. The lowest BCUT2D eigenvalue weighted by atomic mass is 10.2. The van der Waals surface area contributed by atoms with Gasteiger partial charge < -0.3 is 10.1 Å². The molecular weight excluding hydrogens is 344 g/mol. The molecule has 2 aromatic rings. The molecule has 0 saturated carbocycles. The predicted molar refractivity (Wildman–Crippen MR) is 96.1 cm³/mol. The highest BCUT2D eigenvalue weighted by atomic mass is 35.5. The molecule has 2 amide bonds. The summed E-state index contributed by atoms with van der Waals surface area (Å²) >= 11 is 6.01. The second-order valence-electron chi connectivity index (χ2n) is 5.10. The number of carbonyl (C=O) groups is 2. The fourth-order valence-electron chi connectivity index (χ4n) is 1.93. The van der Waals surface area contributed by atoms with Gasteiger partial charge in [0.1, 0.15) is 5.75 Å². The molecule has 0 atom stereocenters. The number of hydrogen-bond donors (Lipinski definition) is 2. The molecule has 7 nitrogen and oxygen atoms in total. The van der Waals surface area contributed by atoms with Gasteiger partial charge >= 0.3 is 0 Å². The number of ether oxygens (including phenoxy) is 1. The summed E-state index contributed by atoms with van der Waals surface area (Å²) in [5, 5.41) is 7.01. The van der Waals surface area contributed by atoms with Crippen LogP contribution in [0.4, 0.5) is 5.69 Å². The van der Waals surface area contributed by atoms with Crippen LogP contribution in [-0.2, 0) is 4.79 Å². The number of halogens is 1. The van der Waals surface area contributed by atoms with Gasteiger partial charge in [0.15, 0.2) is 0 Å². The van der Waals surface area contributed by atoms with Crippen molar-refractivity contribution in [2.45, 2.75) is 13.3 Å².